The van der Waals surface area contributed by atoms with Gasteiger partial charge in [0.1, 0.15) is 0 Å². The lowest BCUT2D eigenvalue weighted by atomic mass is 10.0. The predicted octanol–water partition coefficient (Wildman–Crippen LogP) is 3.89. The molecule has 0 radical (unpaired) electrons. The number of hydrogen-bond acceptors (Lipinski definition) is 4. The van der Waals surface area contributed by atoms with Gasteiger partial charge < -0.3 is 10.1 Å². The number of rotatable bonds is 7. The molecule has 2 aromatic carbocycles. The van der Waals surface area contributed by atoms with Gasteiger partial charge in [0.2, 0.25) is 0 Å². The summed E-state index contributed by atoms with van der Waals surface area (Å²) in [5.41, 5.74) is 3.49. The van der Waals surface area contributed by atoms with Crippen molar-refractivity contribution in [2.24, 2.45) is 0 Å². The average molecular weight is 439 g/mol. The summed E-state index contributed by atoms with van der Waals surface area (Å²) in [4.78, 5) is 15.5. The van der Waals surface area contributed by atoms with E-state index in [0.717, 1.165) is 24.5 Å². The van der Waals surface area contributed by atoms with Gasteiger partial charge in [-0.25, -0.2) is 4.68 Å². The van der Waals surface area contributed by atoms with E-state index in [0.29, 0.717) is 36.8 Å². The van der Waals surface area contributed by atoms with Crippen LogP contribution in [0.4, 0.5) is 0 Å². The fraction of sp³-hybridized carbons (Fsp3) is 0.333. The van der Waals surface area contributed by atoms with Gasteiger partial charge in [0.05, 0.1) is 42.4 Å². The molecule has 1 atom stereocenters. The van der Waals surface area contributed by atoms with Crippen LogP contribution in [-0.2, 0) is 11.2 Å². The Morgan fingerprint density at radius 1 is 1.16 bits per heavy atom. The number of benzene rings is 2. The molecule has 0 saturated carbocycles. The molecule has 0 bridgehead atoms. The number of carbonyl (C=O) groups excluding carboxylic acids is 1. The molecule has 1 aromatic heterocycles. The highest BCUT2D eigenvalue weighted by molar-refractivity contribution is 6.30. The number of nitrogens with one attached hydrogen (secondary N) is 1. The maximum Gasteiger partial charge on any atom is 0.254 e. The van der Waals surface area contributed by atoms with Crippen LogP contribution in [0.25, 0.3) is 5.69 Å². The van der Waals surface area contributed by atoms with E-state index >= 15 is 0 Å². The Labute approximate surface area is 187 Å². The zero-order valence-electron chi connectivity index (χ0n) is 17.6. The SMILES string of the molecule is CCc1c(C(=O)NCC(c2ccccc2)N2CCOCC2)cnn1-c1cccc(Cl)c1. The summed E-state index contributed by atoms with van der Waals surface area (Å²) in [5, 5.41) is 8.25. The number of nitrogens with zero attached hydrogens (tertiary/aromatic N) is 3. The molecule has 31 heavy (non-hydrogen) atoms. The molecule has 3 aromatic rings. The topological polar surface area (TPSA) is 59.4 Å². The molecule has 1 N–H and O–H groups in total. The number of hydrogen-bond donors (Lipinski definition) is 1. The second-order valence-electron chi connectivity index (χ2n) is 7.54. The lowest BCUT2D eigenvalue weighted by Crippen LogP contribution is -2.43. The van der Waals surface area contributed by atoms with Crippen LogP contribution in [0, 0.1) is 0 Å². The minimum atomic E-state index is -0.112. The Morgan fingerprint density at radius 2 is 1.94 bits per heavy atom. The monoisotopic (exact) mass is 438 g/mol. The first-order chi connectivity index (χ1) is 15.2. The lowest BCUT2D eigenvalue weighted by Gasteiger charge is -2.35. The van der Waals surface area contributed by atoms with Crippen LogP contribution in [-0.4, -0.2) is 53.4 Å². The molecular weight excluding hydrogens is 412 g/mol. The zero-order chi connectivity index (χ0) is 21.6. The molecule has 1 unspecified atom stereocenters. The number of carbonyl (C=O) groups is 1. The van der Waals surface area contributed by atoms with E-state index < -0.39 is 0 Å². The first-order valence-electron chi connectivity index (χ1n) is 10.6. The number of halogens is 1. The van der Waals surface area contributed by atoms with Crippen LogP contribution in [0.15, 0.2) is 60.8 Å². The van der Waals surface area contributed by atoms with E-state index in [1.54, 1.807) is 10.9 Å². The van der Waals surface area contributed by atoms with E-state index in [2.05, 4.69) is 27.4 Å². The quantitative estimate of drug-likeness (QED) is 0.608. The maximum absolute atomic E-state index is 13.1. The summed E-state index contributed by atoms with van der Waals surface area (Å²) >= 11 is 6.14. The highest BCUT2D eigenvalue weighted by Gasteiger charge is 2.24. The van der Waals surface area contributed by atoms with Crippen LogP contribution in [0.3, 0.4) is 0 Å². The molecule has 1 fully saturated rings. The van der Waals surface area contributed by atoms with Gasteiger partial charge in [-0.2, -0.15) is 5.10 Å². The molecule has 1 saturated heterocycles. The highest BCUT2D eigenvalue weighted by Crippen LogP contribution is 2.22. The summed E-state index contributed by atoms with van der Waals surface area (Å²) in [6.07, 6.45) is 2.32. The fourth-order valence-electron chi connectivity index (χ4n) is 4.04. The molecule has 0 aliphatic carbocycles. The minimum absolute atomic E-state index is 0.0992. The summed E-state index contributed by atoms with van der Waals surface area (Å²) < 4.78 is 7.30. The Hall–Kier alpha value is -2.67. The summed E-state index contributed by atoms with van der Waals surface area (Å²) in [6.45, 7) is 5.67. The van der Waals surface area contributed by atoms with Crippen molar-refractivity contribution < 1.29 is 9.53 Å². The highest BCUT2D eigenvalue weighted by atomic mass is 35.5. The Bertz CT molecular complexity index is 1020. The molecule has 2 heterocycles. The standard InChI is InChI=1S/C24H27ClN4O2/c1-2-22-21(16-27-29(22)20-10-6-9-19(25)15-20)24(30)26-17-23(18-7-4-3-5-8-18)28-11-13-31-14-12-28/h3-10,15-16,23H,2,11-14,17H2,1H3,(H,26,30). The van der Waals surface area contributed by atoms with Crippen LogP contribution in [0.2, 0.25) is 5.02 Å². The normalized spacial score (nSPS) is 15.5. The number of amides is 1. The van der Waals surface area contributed by atoms with Crippen molar-refractivity contribution in [3.8, 4) is 5.69 Å². The minimum Gasteiger partial charge on any atom is -0.379 e. The molecule has 4 rings (SSSR count). The van der Waals surface area contributed by atoms with Gasteiger partial charge in [-0.15, -0.1) is 0 Å². The maximum atomic E-state index is 13.1. The average Bonchev–Trinajstić information content (AvgIpc) is 3.25. The van der Waals surface area contributed by atoms with Crippen LogP contribution in [0.5, 0.6) is 0 Å². The largest absolute Gasteiger partial charge is 0.379 e. The van der Waals surface area contributed by atoms with Gasteiger partial charge in [-0.05, 0) is 30.2 Å². The molecule has 0 spiro atoms. The predicted molar refractivity (Wildman–Crippen MR) is 122 cm³/mol. The summed E-state index contributed by atoms with van der Waals surface area (Å²) in [7, 11) is 0. The molecule has 7 heteroatoms. The van der Waals surface area contributed by atoms with Gasteiger partial charge in [0.25, 0.3) is 5.91 Å². The molecule has 162 valence electrons. The van der Waals surface area contributed by atoms with Gasteiger partial charge in [0, 0.05) is 24.7 Å². The fourth-order valence-corrected chi connectivity index (χ4v) is 4.23. The Balaban J connectivity index is 1.53. The van der Waals surface area contributed by atoms with Crippen molar-refractivity contribution in [2.45, 2.75) is 19.4 Å². The second-order valence-corrected chi connectivity index (χ2v) is 7.97. The molecule has 6 nitrogen and oxygen atoms in total. The van der Waals surface area contributed by atoms with Gasteiger partial charge in [-0.1, -0.05) is 54.9 Å². The number of ether oxygens (including phenoxy) is 1. The zero-order valence-corrected chi connectivity index (χ0v) is 18.4. The van der Waals surface area contributed by atoms with Crippen LogP contribution >= 0.6 is 11.6 Å². The van der Waals surface area contributed by atoms with Gasteiger partial charge in [-0.3, -0.25) is 9.69 Å². The molecular formula is C24H27ClN4O2. The van der Waals surface area contributed by atoms with Crippen molar-refractivity contribution in [2.75, 3.05) is 32.8 Å². The second kappa shape index (κ2) is 10.1. The van der Waals surface area contributed by atoms with Crippen molar-refractivity contribution in [3.05, 3.63) is 82.6 Å². The third-order valence-electron chi connectivity index (χ3n) is 5.63. The van der Waals surface area contributed by atoms with E-state index in [1.807, 2.05) is 49.4 Å². The van der Waals surface area contributed by atoms with Crippen molar-refractivity contribution in [1.82, 2.24) is 20.0 Å². The van der Waals surface area contributed by atoms with Gasteiger partial charge >= 0.3 is 0 Å². The first-order valence-corrected chi connectivity index (χ1v) is 11.0. The van der Waals surface area contributed by atoms with Crippen molar-refractivity contribution in [3.63, 3.8) is 0 Å². The molecule has 1 amide bonds. The van der Waals surface area contributed by atoms with Gasteiger partial charge in [0.15, 0.2) is 0 Å². The lowest BCUT2D eigenvalue weighted by molar-refractivity contribution is 0.0162. The van der Waals surface area contributed by atoms with E-state index in [-0.39, 0.29) is 11.9 Å². The third kappa shape index (κ3) is 4.98. The van der Waals surface area contributed by atoms with E-state index in [9.17, 15) is 4.79 Å². The van der Waals surface area contributed by atoms with Crippen molar-refractivity contribution >= 4 is 17.5 Å². The van der Waals surface area contributed by atoms with Crippen LogP contribution in [0.1, 0.15) is 34.6 Å². The van der Waals surface area contributed by atoms with E-state index in [4.69, 9.17) is 16.3 Å². The van der Waals surface area contributed by atoms with Crippen LogP contribution < -0.4 is 5.32 Å². The Kier molecular flexibility index (Phi) is 7.02. The summed E-state index contributed by atoms with van der Waals surface area (Å²) in [5.74, 6) is -0.112. The first kappa shape index (κ1) is 21.6. The third-order valence-corrected chi connectivity index (χ3v) is 5.86. The summed E-state index contributed by atoms with van der Waals surface area (Å²) in [6, 6.07) is 17.9. The smallest absolute Gasteiger partial charge is 0.254 e. The molecule has 1 aliphatic heterocycles. The van der Waals surface area contributed by atoms with E-state index in [1.165, 1.54) is 5.56 Å². The Morgan fingerprint density at radius 3 is 2.65 bits per heavy atom. The number of aromatic nitrogens is 2. The van der Waals surface area contributed by atoms with Crippen molar-refractivity contribution in [1.29, 1.82) is 0 Å². The number of morpholine rings is 1. The molecule has 1 aliphatic rings.